The molecule has 5 heterocycles. The fourth-order valence-electron chi connectivity index (χ4n) is 4.16. The normalized spacial score (nSPS) is 11.7. The van der Waals surface area contributed by atoms with Crippen LogP contribution in [-0.2, 0) is 20.5 Å². The zero-order valence-corrected chi connectivity index (χ0v) is 23.9. The van der Waals surface area contributed by atoms with Crippen molar-refractivity contribution >= 4 is 46.6 Å². The van der Waals surface area contributed by atoms with Crippen LogP contribution in [0.25, 0.3) is 11.6 Å². The maximum absolute atomic E-state index is 11.5. The summed E-state index contributed by atoms with van der Waals surface area (Å²) in [7, 11) is 3.08. The third kappa shape index (κ3) is 5.21. The van der Waals surface area contributed by atoms with Crippen LogP contribution in [0.2, 0.25) is 0 Å². The number of hydrogen-bond acceptors (Lipinski definition) is 14. The summed E-state index contributed by atoms with van der Waals surface area (Å²) in [5, 5.41) is 52.2. The number of carbonyl (C=O) groups is 2. The van der Waals surface area contributed by atoms with Gasteiger partial charge in [0.1, 0.15) is 17.5 Å². The molecule has 0 spiro atoms. The van der Waals surface area contributed by atoms with Crippen LogP contribution in [0.3, 0.4) is 0 Å². The van der Waals surface area contributed by atoms with E-state index < -0.39 is 11.9 Å². The van der Waals surface area contributed by atoms with Gasteiger partial charge in [-0.15, -0.1) is 20.5 Å². The van der Waals surface area contributed by atoms with Crippen molar-refractivity contribution < 1.29 is 19.8 Å². The number of aromatic carboxylic acids is 2. The van der Waals surface area contributed by atoms with Crippen molar-refractivity contribution in [3.63, 3.8) is 0 Å². The summed E-state index contributed by atoms with van der Waals surface area (Å²) >= 11 is 0. The molecule has 0 saturated heterocycles. The van der Waals surface area contributed by atoms with Gasteiger partial charge in [0, 0.05) is 20.2 Å². The predicted molar refractivity (Wildman–Crippen MR) is 153 cm³/mol. The molecular weight excluding hydrogens is 576 g/mol. The molecule has 0 fully saturated rings. The number of hydrogen-bond donors (Lipinski definition) is 4. The summed E-state index contributed by atoms with van der Waals surface area (Å²) in [4.78, 5) is 31.6. The first-order valence-electron chi connectivity index (χ1n) is 12.9. The molecule has 20 nitrogen and oxygen atoms in total. The topological polar surface area (TPSA) is 273 Å². The fourth-order valence-corrected chi connectivity index (χ4v) is 4.16. The zero-order chi connectivity index (χ0) is 31.7. The molecule has 0 bridgehead atoms. The van der Waals surface area contributed by atoms with E-state index in [1.165, 1.54) is 50.6 Å². The Bertz CT molecular complexity index is 1960. The van der Waals surface area contributed by atoms with Crippen molar-refractivity contribution in [3.8, 4) is 11.6 Å². The highest BCUT2D eigenvalue weighted by Crippen LogP contribution is 2.34. The summed E-state index contributed by atoms with van der Waals surface area (Å²) in [6.07, 6.45) is 4.84. The molecule has 6 N–H and O–H groups in total. The molecule has 0 aliphatic heterocycles. The van der Waals surface area contributed by atoms with Gasteiger partial charge in [0.15, 0.2) is 46.3 Å². The number of nitrogen functional groups attached to an aromatic ring is 2. The molecule has 0 aliphatic rings. The Morgan fingerprint density at radius 3 is 1.84 bits per heavy atom. The number of aryl methyl sites for hydroxylation is 4. The lowest BCUT2D eigenvalue weighted by atomic mass is 10.2. The van der Waals surface area contributed by atoms with Crippen LogP contribution in [-0.4, -0.2) is 71.2 Å². The first-order chi connectivity index (χ1) is 21.0. The number of azo groups is 2. The molecule has 0 unspecified atom stereocenters. The van der Waals surface area contributed by atoms with Crippen molar-refractivity contribution in [2.24, 2.45) is 34.6 Å². The lowest BCUT2D eigenvalue weighted by molar-refractivity contribution is 0.0686. The van der Waals surface area contributed by atoms with E-state index in [4.69, 9.17) is 11.5 Å². The van der Waals surface area contributed by atoms with Crippen LogP contribution < -0.4 is 11.5 Å². The van der Waals surface area contributed by atoms with Gasteiger partial charge in [0.05, 0.1) is 23.8 Å². The molecule has 0 amide bonds. The molecule has 0 aromatic carbocycles. The standard InChI is InChI=1S/C24H26N16O4/c1-5-6-14-18(32-34-22-13(24(43)44)9-30-38(22)4)20(26)40(36-14)16-7-15(27-10-28-16)39-19(25)17(11(2)35-39)31-33-21-12(23(41)42)8-29-37(21)3/h7-10H,5-6,25-26H2,1-4H3,(H,41,42)(H,43,44)/b33-31+,34-32+. The van der Waals surface area contributed by atoms with Crippen molar-refractivity contribution in [2.75, 3.05) is 11.5 Å². The maximum atomic E-state index is 11.5. The summed E-state index contributed by atoms with van der Waals surface area (Å²) in [6.45, 7) is 3.61. The van der Waals surface area contributed by atoms with Crippen molar-refractivity contribution in [3.05, 3.63) is 47.3 Å². The predicted octanol–water partition coefficient (Wildman–Crippen LogP) is 2.97. The average Bonchev–Trinajstić information content (AvgIpc) is 3.71. The van der Waals surface area contributed by atoms with E-state index in [1.807, 2.05) is 6.92 Å². The second kappa shape index (κ2) is 11.5. The Morgan fingerprint density at radius 2 is 1.32 bits per heavy atom. The monoisotopic (exact) mass is 602 g/mol. The lowest BCUT2D eigenvalue weighted by Crippen LogP contribution is -2.09. The van der Waals surface area contributed by atoms with E-state index in [2.05, 4.69) is 50.8 Å². The van der Waals surface area contributed by atoms with Crippen molar-refractivity contribution in [2.45, 2.75) is 26.7 Å². The van der Waals surface area contributed by atoms with Crippen LogP contribution >= 0.6 is 0 Å². The molecule has 5 aromatic rings. The fraction of sp³-hybridized carbons (Fsp3) is 0.250. The van der Waals surface area contributed by atoms with Crippen LogP contribution in [0, 0.1) is 6.92 Å². The van der Waals surface area contributed by atoms with Gasteiger partial charge in [-0.1, -0.05) is 13.3 Å². The van der Waals surface area contributed by atoms with E-state index >= 15 is 0 Å². The molecule has 0 saturated carbocycles. The second-order valence-electron chi connectivity index (χ2n) is 9.33. The Kier molecular flexibility index (Phi) is 7.62. The molecule has 5 rings (SSSR count). The number of nitrogens with zero attached hydrogens (tertiary/aromatic N) is 14. The van der Waals surface area contributed by atoms with Crippen molar-refractivity contribution in [1.29, 1.82) is 0 Å². The highest BCUT2D eigenvalue weighted by atomic mass is 16.4. The Balaban J connectivity index is 1.51. The maximum Gasteiger partial charge on any atom is 0.341 e. The summed E-state index contributed by atoms with van der Waals surface area (Å²) in [6, 6.07) is 1.54. The minimum Gasteiger partial charge on any atom is -0.477 e. The van der Waals surface area contributed by atoms with Gasteiger partial charge in [-0.25, -0.2) is 28.9 Å². The molecule has 0 atom stereocenters. The van der Waals surface area contributed by atoms with Crippen molar-refractivity contribution in [1.82, 2.24) is 49.1 Å². The number of rotatable bonds is 10. The van der Waals surface area contributed by atoms with Crippen LogP contribution in [0.15, 0.2) is 45.2 Å². The van der Waals surface area contributed by atoms with E-state index in [-0.39, 0.29) is 57.4 Å². The summed E-state index contributed by atoms with van der Waals surface area (Å²) < 4.78 is 5.24. The van der Waals surface area contributed by atoms with Gasteiger partial charge in [0.25, 0.3) is 0 Å². The SMILES string of the molecule is CCCc1nn(-c2cc(-n3nc(C)c(/N=N/c4c(C(=O)O)cnn4C)c3N)ncn2)c(N)c1/N=N/c1c(C(=O)O)cnn1C. The number of nitrogens with two attached hydrogens (primary N) is 2. The summed E-state index contributed by atoms with van der Waals surface area (Å²) in [5.74, 6) is -1.64. The van der Waals surface area contributed by atoms with E-state index in [0.717, 1.165) is 0 Å². The highest BCUT2D eigenvalue weighted by molar-refractivity contribution is 5.92. The van der Waals surface area contributed by atoms with Gasteiger partial charge >= 0.3 is 11.9 Å². The van der Waals surface area contributed by atoms with E-state index in [1.54, 1.807) is 14.0 Å². The van der Waals surface area contributed by atoms with E-state index in [9.17, 15) is 19.8 Å². The summed E-state index contributed by atoms with van der Waals surface area (Å²) in [5.41, 5.74) is 13.9. The largest absolute Gasteiger partial charge is 0.477 e. The molecule has 0 aliphatic carbocycles. The first-order valence-corrected chi connectivity index (χ1v) is 12.9. The smallest absolute Gasteiger partial charge is 0.341 e. The number of anilines is 2. The molecule has 44 heavy (non-hydrogen) atoms. The molecular formula is C24H26N16O4. The van der Waals surface area contributed by atoms with Gasteiger partial charge in [0.2, 0.25) is 0 Å². The van der Waals surface area contributed by atoms with Gasteiger partial charge < -0.3 is 21.7 Å². The minimum absolute atomic E-state index is 0.0287. The Hall–Kier alpha value is -6.34. The number of carboxylic acids is 2. The van der Waals surface area contributed by atoms with E-state index in [0.29, 0.717) is 24.2 Å². The third-order valence-electron chi connectivity index (χ3n) is 6.35. The minimum atomic E-state index is -1.20. The Morgan fingerprint density at radius 1 is 0.818 bits per heavy atom. The quantitative estimate of drug-likeness (QED) is 0.168. The molecule has 5 aromatic heterocycles. The highest BCUT2D eigenvalue weighted by Gasteiger charge is 2.22. The van der Waals surface area contributed by atoms with Gasteiger partial charge in [-0.2, -0.15) is 29.8 Å². The third-order valence-corrected chi connectivity index (χ3v) is 6.35. The van der Waals surface area contributed by atoms with Crippen LogP contribution in [0.5, 0.6) is 0 Å². The first kappa shape index (κ1) is 29.2. The molecule has 20 heteroatoms. The van der Waals surface area contributed by atoms with Crippen LogP contribution in [0.1, 0.15) is 45.4 Å². The molecule has 226 valence electrons. The van der Waals surface area contributed by atoms with Gasteiger partial charge in [-0.05, 0) is 13.3 Å². The zero-order valence-electron chi connectivity index (χ0n) is 23.9. The number of carboxylic acid groups (broad SMARTS) is 2. The number of aromatic nitrogens is 10. The Labute approximate surface area is 247 Å². The average molecular weight is 603 g/mol. The molecule has 0 radical (unpaired) electrons. The second-order valence-corrected chi connectivity index (χ2v) is 9.33. The van der Waals surface area contributed by atoms with Crippen LogP contribution in [0.4, 0.5) is 34.6 Å². The lowest BCUT2D eigenvalue weighted by Gasteiger charge is -2.06. The van der Waals surface area contributed by atoms with Gasteiger partial charge in [-0.3, -0.25) is 0 Å².